The van der Waals surface area contributed by atoms with Gasteiger partial charge in [-0.3, -0.25) is 4.79 Å². The highest BCUT2D eigenvalue weighted by Crippen LogP contribution is 2.45. The first-order chi connectivity index (χ1) is 14.0. The number of nitrogens with two attached hydrogens (primary N) is 1. The van der Waals surface area contributed by atoms with Gasteiger partial charge >= 0.3 is 6.61 Å². The van der Waals surface area contributed by atoms with Gasteiger partial charge in [-0.05, 0) is 30.7 Å². The molecule has 1 fully saturated rings. The van der Waals surface area contributed by atoms with Crippen molar-refractivity contribution in [1.29, 1.82) is 0 Å². The van der Waals surface area contributed by atoms with Crippen molar-refractivity contribution in [2.75, 3.05) is 24.3 Å². The van der Waals surface area contributed by atoms with E-state index in [0.29, 0.717) is 29.8 Å². The molecule has 0 spiro atoms. The second kappa shape index (κ2) is 8.25. The van der Waals surface area contributed by atoms with Crippen LogP contribution in [0.3, 0.4) is 0 Å². The van der Waals surface area contributed by atoms with E-state index in [0.717, 1.165) is 17.2 Å². The number of hydrogen-bond donors (Lipinski definition) is 2. The number of aliphatic imine (C=N–C) groups is 1. The molecule has 2 unspecified atom stereocenters. The Labute approximate surface area is 173 Å². The molecule has 7 nitrogen and oxygen atoms in total. The molecular weight excluding hydrogens is 422 g/mol. The van der Waals surface area contributed by atoms with E-state index < -0.39 is 18.1 Å². The highest BCUT2D eigenvalue weighted by molar-refractivity contribution is 8.13. The summed E-state index contributed by atoms with van der Waals surface area (Å²) in [7, 11) is 0. The number of carbonyl (C=O) groups excluding carboxylic acids is 1. The Morgan fingerprint density at radius 3 is 2.93 bits per heavy atom. The molecule has 4 rings (SSSR count). The van der Waals surface area contributed by atoms with Gasteiger partial charge in [0.2, 0.25) is 0 Å². The van der Waals surface area contributed by atoms with Crippen molar-refractivity contribution >= 4 is 40.0 Å². The summed E-state index contributed by atoms with van der Waals surface area (Å²) in [4.78, 5) is 21.7. The van der Waals surface area contributed by atoms with Crippen LogP contribution in [0.1, 0.15) is 21.8 Å². The molecule has 11 heteroatoms. The predicted octanol–water partition coefficient (Wildman–Crippen LogP) is 3.29. The average molecular weight is 440 g/mol. The number of ether oxygens (including phenoxy) is 2. The molecule has 2 aliphatic rings. The van der Waals surface area contributed by atoms with Gasteiger partial charge in [-0.15, -0.1) is 11.3 Å². The first kappa shape index (κ1) is 20.0. The number of alkyl halides is 2. The molecule has 29 heavy (non-hydrogen) atoms. The van der Waals surface area contributed by atoms with Crippen LogP contribution >= 0.6 is 23.1 Å². The summed E-state index contributed by atoms with van der Waals surface area (Å²) >= 11 is 2.94. The van der Waals surface area contributed by atoms with Crippen LogP contribution in [0.2, 0.25) is 0 Å². The molecule has 1 saturated heterocycles. The number of thioether (sulfide) groups is 1. The van der Waals surface area contributed by atoms with E-state index in [4.69, 9.17) is 10.5 Å². The second-order valence-corrected chi connectivity index (χ2v) is 8.52. The second-order valence-electron chi connectivity index (χ2n) is 6.62. The van der Waals surface area contributed by atoms with Crippen molar-refractivity contribution < 1.29 is 23.0 Å². The minimum Gasteiger partial charge on any atom is -0.435 e. The third-order valence-corrected chi connectivity index (χ3v) is 6.77. The van der Waals surface area contributed by atoms with Gasteiger partial charge in [-0.25, -0.2) is 9.98 Å². The number of anilines is 1. The van der Waals surface area contributed by atoms with E-state index in [9.17, 15) is 13.6 Å². The number of rotatable bonds is 5. The molecule has 1 aromatic carbocycles. The zero-order chi connectivity index (χ0) is 20.4. The van der Waals surface area contributed by atoms with E-state index >= 15 is 0 Å². The van der Waals surface area contributed by atoms with Gasteiger partial charge in [0, 0.05) is 29.2 Å². The smallest absolute Gasteiger partial charge is 0.387 e. The van der Waals surface area contributed by atoms with Crippen LogP contribution in [0.4, 0.5) is 14.6 Å². The zero-order valence-corrected chi connectivity index (χ0v) is 16.8. The lowest BCUT2D eigenvalue weighted by Gasteiger charge is -2.41. The van der Waals surface area contributed by atoms with E-state index in [-0.39, 0.29) is 11.7 Å². The van der Waals surface area contributed by atoms with Crippen molar-refractivity contribution in [1.82, 2.24) is 4.98 Å². The number of carbonyl (C=O) groups is 1. The summed E-state index contributed by atoms with van der Waals surface area (Å²) in [5.41, 5.74) is 5.66. The molecule has 0 radical (unpaired) electrons. The Morgan fingerprint density at radius 1 is 1.38 bits per heavy atom. The van der Waals surface area contributed by atoms with Crippen LogP contribution < -0.4 is 15.8 Å². The molecule has 0 bridgehead atoms. The molecule has 3 heterocycles. The van der Waals surface area contributed by atoms with Gasteiger partial charge in [-0.1, -0.05) is 11.8 Å². The van der Waals surface area contributed by atoms with Crippen LogP contribution in [0.5, 0.6) is 5.75 Å². The quantitative estimate of drug-likeness (QED) is 0.740. The van der Waals surface area contributed by atoms with Gasteiger partial charge in [0.25, 0.3) is 5.91 Å². The zero-order valence-electron chi connectivity index (χ0n) is 15.1. The number of hydrogen-bond acceptors (Lipinski definition) is 8. The van der Waals surface area contributed by atoms with Gasteiger partial charge in [-0.2, -0.15) is 8.78 Å². The fraction of sp³-hybridized carbons (Fsp3) is 0.389. The van der Waals surface area contributed by atoms with Crippen LogP contribution in [0.15, 0.2) is 34.6 Å². The van der Waals surface area contributed by atoms with Crippen LogP contribution in [0, 0.1) is 5.92 Å². The number of aromatic nitrogens is 1. The molecule has 2 atom stereocenters. The maximum Gasteiger partial charge on any atom is 0.387 e. The SMILES string of the molecule is NC1=NC2(c3nc(NC(=O)c4ccc(OC(F)F)cc4)cs3)COCCC2CS1. The highest BCUT2D eigenvalue weighted by atomic mass is 32.2. The number of benzene rings is 1. The number of nitrogens with zero attached hydrogens (tertiary/aromatic N) is 2. The number of amides is 1. The standard InChI is InChI=1S/C18H18F2N4O3S2/c19-16(20)27-12-3-1-10(2-4-12)14(25)22-13-8-28-15(23-13)18-9-26-6-5-11(18)7-29-17(21)24-18/h1-4,8,11,16H,5-7,9H2,(H2,21,24)(H,22,25). The predicted molar refractivity (Wildman–Crippen MR) is 108 cm³/mol. The monoisotopic (exact) mass is 440 g/mol. The van der Waals surface area contributed by atoms with Crippen molar-refractivity contribution in [3.63, 3.8) is 0 Å². The molecule has 1 aromatic heterocycles. The Kier molecular flexibility index (Phi) is 5.70. The third-order valence-electron chi connectivity index (χ3n) is 4.81. The maximum absolute atomic E-state index is 12.5. The van der Waals surface area contributed by atoms with Gasteiger partial charge in [0.15, 0.2) is 5.17 Å². The Balaban J connectivity index is 1.50. The van der Waals surface area contributed by atoms with Gasteiger partial charge in [0.05, 0.1) is 6.61 Å². The molecule has 0 aliphatic carbocycles. The average Bonchev–Trinajstić information content (AvgIpc) is 3.17. The largest absolute Gasteiger partial charge is 0.435 e. The summed E-state index contributed by atoms with van der Waals surface area (Å²) < 4.78 is 34.4. The normalized spacial score (nSPS) is 24.0. The van der Waals surface area contributed by atoms with Gasteiger partial charge in [0.1, 0.15) is 22.1 Å². The molecule has 3 N–H and O–H groups in total. The number of fused-ring (bicyclic) bond motifs is 1. The van der Waals surface area contributed by atoms with Crippen molar-refractivity contribution in [3.8, 4) is 5.75 Å². The lowest BCUT2D eigenvalue weighted by atomic mass is 9.82. The Bertz CT molecular complexity index is 922. The number of thiazole rings is 1. The molecule has 154 valence electrons. The van der Waals surface area contributed by atoms with Crippen molar-refractivity contribution in [2.45, 2.75) is 18.6 Å². The van der Waals surface area contributed by atoms with Crippen LogP contribution in [-0.2, 0) is 10.3 Å². The molecule has 2 aromatic rings. The number of nitrogens with one attached hydrogen (secondary N) is 1. The van der Waals surface area contributed by atoms with Gasteiger partial charge < -0.3 is 20.5 Å². The van der Waals surface area contributed by atoms with E-state index in [1.54, 1.807) is 5.38 Å². The molecule has 2 aliphatic heterocycles. The maximum atomic E-state index is 12.5. The molecular formula is C18H18F2N4O3S2. The van der Waals surface area contributed by atoms with E-state index in [2.05, 4.69) is 20.0 Å². The highest BCUT2D eigenvalue weighted by Gasteiger charge is 2.47. The Hall–Kier alpha value is -2.24. The minimum absolute atomic E-state index is 0.0134. The van der Waals surface area contributed by atoms with Crippen LogP contribution in [-0.4, -0.2) is 41.6 Å². The summed E-state index contributed by atoms with van der Waals surface area (Å²) in [5, 5.41) is 5.74. The minimum atomic E-state index is -2.91. The summed E-state index contributed by atoms with van der Waals surface area (Å²) in [6, 6.07) is 5.45. The molecule has 0 saturated carbocycles. The summed E-state index contributed by atoms with van der Waals surface area (Å²) in [6.07, 6.45) is 0.873. The third kappa shape index (κ3) is 4.21. The fourth-order valence-electron chi connectivity index (χ4n) is 3.36. The lowest BCUT2D eigenvalue weighted by molar-refractivity contribution is -0.0498. The summed E-state index contributed by atoms with van der Waals surface area (Å²) in [5.74, 6) is 1.11. The Morgan fingerprint density at radius 2 is 2.17 bits per heavy atom. The first-order valence-electron chi connectivity index (χ1n) is 8.84. The lowest BCUT2D eigenvalue weighted by Crippen LogP contribution is -2.47. The van der Waals surface area contributed by atoms with Crippen molar-refractivity contribution in [2.24, 2.45) is 16.6 Å². The number of amidine groups is 1. The van der Waals surface area contributed by atoms with Crippen LogP contribution in [0.25, 0.3) is 0 Å². The molecule has 1 amide bonds. The number of halogens is 2. The topological polar surface area (TPSA) is 98.8 Å². The first-order valence-corrected chi connectivity index (χ1v) is 10.7. The summed E-state index contributed by atoms with van der Waals surface area (Å²) in [6.45, 7) is -1.82. The van der Waals surface area contributed by atoms with Crippen molar-refractivity contribution in [3.05, 3.63) is 40.2 Å². The van der Waals surface area contributed by atoms with E-state index in [1.807, 2.05) is 0 Å². The fourth-order valence-corrected chi connectivity index (χ4v) is 5.36. The van der Waals surface area contributed by atoms with E-state index in [1.165, 1.54) is 47.4 Å².